The predicted molar refractivity (Wildman–Crippen MR) is 151 cm³/mol. The Bertz CT molecular complexity index is 1550. The van der Waals surface area contributed by atoms with Gasteiger partial charge in [-0.25, -0.2) is 4.99 Å². The van der Waals surface area contributed by atoms with Crippen molar-refractivity contribution < 1.29 is 9.59 Å². The Morgan fingerprint density at radius 1 is 0.897 bits per heavy atom. The van der Waals surface area contributed by atoms with Gasteiger partial charge in [-0.05, 0) is 52.9 Å². The smallest absolute Gasteiger partial charge is 0.266 e. The van der Waals surface area contributed by atoms with Crippen LogP contribution in [0.15, 0.2) is 108 Å². The van der Waals surface area contributed by atoms with Crippen LogP contribution in [0.25, 0.3) is 0 Å². The molecular weight excluding hydrogens is 508 g/mol. The van der Waals surface area contributed by atoms with Gasteiger partial charge in [-0.2, -0.15) is 5.26 Å². The molecule has 39 heavy (non-hydrogen) atoms. The highest BCUT2D eigenvalue weighted by atomic mass is 35.5. The molecule has 1 aliphatic rings. The predicted octanol–water partition coefficient (Wildman–Crippen LogP) is 5.63. The van der Waals surface area contributed by atoms with Gasteiger partial charge < -0.3 is 5.73 Å². The van der Waals surface area contributed by atoms with Crippen LogP contribution >= 0.6 is 11.6 Å². The van der Waals surface area contributed by atoms with E-state index in [0.717, 1.165) is 16.7 Å². The molecule has 0 saturated carbocycles. The quantitative estimate of drug-likeness (QED) is 0.297. The summed E-state index contributed by atoms with van der Waals surface area (Å²) in [5.41, 5.74) is 9.16. The van der Waals surface area contributed by atoms with Gasteiger partial charge in [-0.3, -0.25) is 14.5 Å². The number of aliphatic imine (C=N–C) groups is 1. The number of halogens is 1. The number of nitriles is 1. The molecule has 7 heteroatoms. The average molecular weight is 533 g/mol. The van der Waals surface area contributed by atoms with Crippen LogP contribution in [0.4, 0.5) is 0 Å². The molecule has 0 aliphatic carbocycles. The largest absolute Gasteiger partial charge is 0.369 e. The molecule has 0 saturated heterocycles. The lowest BCUT2D eigenvalue weighted by atomic mass is 9.83. The molecule has 1 aliphatic heterocycles. The zero-order valence-corrected chi connectivity index (χ0v) is 21.8. The molecule has 0 atom stereocenters. The first-order valence-corrected chi connectivity index (χ1v) is 12.9. The van der Waals surface area contributed by atoms with E-state index in [9.17, 15) is 9.59 Å². The molecule has 6 nitrogen and oxygen atoms in total. The Kier molecular flexibility index (Phi) is 7.27. The van der Waals surface area contributed by atoms with Crippen LogP contribution in [0.2, 0.25) is 5.02 Å². The highest BCUT2D eigenvalue weighted by Gasteiger charge is 2.50. The van der Waals surface area contributed by atoms with Gasteiger partial charge in [-0.15, -0.1) is 0 Å². The fraction of sp³-hybridized carbons (Fsp3) is 0.125. The number of guanidine groups is 1. The van der Waals surface area contributed by atoms with Gasteiger partial charge in [0.05, 0.1) is 23.2 Å². The summed E-state index contributed by atoms with van der Waals surface area (Å²) in [4.78, 5) is 33.3. The van der Waals surface area contributed by atoms with Gasteiger partial charge in [0.15, 0.2) is 17.3 Å². The zero-order valence-electron chi connectivity index (χ0n) is 21.0. The second kappa shape index (κ2) is 10.9. The minimum Gasteiger partial charge on any atom is -0.369 e. The van der Waals surface area contributed by atoms with Crippen LogP contribution in [0.3, 0.4) is 0 Å². The summed E-state index contributed by atoms with van der Waals surface area (Å²) in [5, 5.41) is 9.32. The van der Waals surface area contributed by atoms with Crippen molar-refractivity contribution in [2.45, 2.75) is 24.9 Å². The Hall–Kier alpha value is -4.73. The molecule has 1 amide bonds. The minimum atomic E-state index is -1.29. The summed E-state index contributed by atoms with van der Waals surface area (Å²) in [6.45, 7) is 0.142. The molecule has 0 radical (unpaired) electrons. The van der Waals surface area contributed by atoms with Gasteiger partial charge in [-0.1, -0.05) is 90.5 Å². The number of carbonyl (C=O) groups is 2. The van der Waals surface area contributed by atoms with Gasteiger partial charge in [0.25, 0.3) is 5.91 Å². The van der Waals surface area contributed by atoms with Crippen molar-refractivity contribution >= 4 is 29.3 Å². The molecule has 0 bridgehead atoms. The second-order valence-electron chi connectivity index (χ2n) is 9.35. The Balaban J connectivity index is 1.39. The molecule has 192 valence electrons. The number of benzene rings is 4. The first kappa shape index (κ1) is 25.9. The Labute approximate surface area is 232 Å². The van der Waals surface area contributed by atoms with Crippen molar-refractivity contribution in [2.24, 2.45) is 10.7 Å². The number of ketones is 1. The number of carbonyl (C=O) groups excluding carboxylic acids is 2. The van der Waals surface area contributed by atoms with E-state index in [1.807, 2.05) is 72.8 Å². The molecule has 0 unspecified atom stereocenters. The lowest BCUT2D eigenvalue weighted by Crippen LogP contribution is -2.43. The highest BCUT2D eigenvalue weighted by molar-refractivity contribution is 6.34. The standard InChI is InChI=1S/C32H25ClN4O2/c33-28-17-15-24(19-27(28)29(38)18-16-22-11-13-23(20-34)14-12-22)21-37-30(39)32(36-31(37)35,25-7-3-1-4-8-25)26-9-5-2-6-10-26/h1-15,17,19H,16,18,21H2,(H2,35,36). The van der Waals surface area contributed by atoms with Gasteiger partial charge in [0.1, 0.15) is 0 Å². The van der Waals surface area contributed by atoms with Crippen LogP contribution in [0, 0.1) is 11.3 Å². The third-order valence-corrected chi connectivity index (χ3v) is 7.22. The Morgan fingerprint density at radius 3 is 2.08 bits per heavy atom. The maximum Gasteiger partial charge on any atom is 0.266 e. The SMILES string of the molecule is N#Cc1ccc(CCC(=O)c2cc(CN3C(=O)C(c4ccccc4)(c4ccccc4)N=C3N)ccc2Cl)cc1. The van der Waals surface area contributed by atoms with E-state index in [4.69, 9.17) is 27.6 Å². The van der Waals surface area contributed by atoms with Crippen LogP contribution in [0.1, 0.15) is 44.6 Å². The molecule has 2 N–H and O–H groups in total. The van der Waals surface area contributed by atoms with E-state index in [-0.39, 0.29) is 30.6 Å². The molecular formula is C32H25ClN4O2. The summed E-state index contributed by atoms with van der Waals surface area (Å²) in [7, 11) is 0. The van der Waals surface area contributed by atoms with E-state index in [1.165, 1.54) is 4.90 Å². The average Bonchev–Trinajstić information content (AvgIpc) is 3.23. The van der Waals surface area contributed by atoms with Crippen LogP contribution in [-0.4, -0.2) is 22.5 Å². The second-order valence-corrected chi connectivity index (χ2v) is 9.76. The molecule has 4 aromatic rings. The lowest BCUT2D eigenvalue weighted by Gasteiger charge is -2.27. The number of rotatable bonds is 8. The van der Waals surface area contributed by atoms with Crippen molar-refractivity contribution in [1.29, 1.82) is 5.26 Å². The number of nitrogens with two attached hydrogens (primary N) is 1. The van der Waals surface area contributed by atoms with Crippen molar-refractivity contribution in [2.75, 3.05) is 0 Å². The zero-order chi connectivity index (χ0) is 27.4. The molecule has 5 rings (SSSR count). The number of aryl methyl sites for hydroxylation is 1. The topological polar surface area (TPSA) is 99.5 Å². The monoisotopic (exact) mass is 532 g/mol. The van der Waals surface area contributed by atoms with E-state index >= 15 is 0 Å². The number of nitrogens with zero attached hydrogens (tertiary/aromatic N) is 3. The van der Waals surface area contributed by atoms with Gasteiger partial charge in [0, 0.05) is 12.0 Å². The normalized spacial score (nSPS) is 14.1. The summed E-state index contributed by atoms with van der Waals surface area (Å²) < 4.78 is 0. The van der Waals surface area contributed by atoms with Gasteiger partial charge in [0.2, 0.25) is 0 Å². The maximum absolute atomic E-state index is 14.1. The van der Waals surface area contributed by atoms with Crippen LogP contribution in [-0.2, 0) is 23.3 Å². The number of Topliss-reactive ketones (excluding diaryl/α,β-unsaturated/α-hetero) is 1. The maximum atomic E-state index is 14.1. The van der Waals surface area contributed by atoms with E-state index in [2.05, 4.69) is 6.07 Å². The van der Waals surface area contributed by atoms with E-state index in [1.54, 1.807) is 30.3 Å². The van der Waals surface area contributed by atoms with Crippen LogP contribution < -0.4 is 5.73 Å². The van der Waals surface area contributed by atoms with Crippen LogP contribution in [0.5, 0.6) is 0 Å². The summed E-state index contributed by atoms with van der Waals surface area (Å²) in [6, 6.07) is 33.2. The summed E-state index contributed by atoms with van der Waals surface area (Å²) in [6.07, 6.45) is 0.776. The highest BCUT2D eigenvalue weighted by Crippen LogP contribution is 2.40. The number of amides is 1. The fourth-order valence-corrected chi connectivity index (χ4v) is 5.06. The molecule has 0 aromatic heterocycles. The first-order valence-electron chi connectivity index (χ1n) is 12.5. The molecule has 1 heterocycles. The summed E-state index contributed by atoms with van der Waals surface area (Å²) >= 11 is 6.41. The molecule has 4 aromatic carbocycles. The van der Waals surface area contributed by atoms with E-state index in [0.29, 0.717) is 28.1 Å². The van der Waals surface area contributed by atoms with Crippen molar-refractivity contribution in [1.82, 2.24) is 4.90 Å². The van der Waals surface area contributed by atoms with Crippen molar-refractivity contribution in [3.63, 3.8) is 0 Å². The molecule has 0 fully saturated rings. The third kappa shape index (κ3) is 5.05. The molecule has 0 spiro atoms. The lowest BCUT2D eigenvalue weighted by molar-refractivity contribution is -0.130. The first-order chi connectivity index (χ1) is 18.9. The number of hydrogen-bond acceptors (Lipinski definition) is 5. The van der Waals surface area contributed by atoms with Crippen molar-refractivity contribution in [3.05, 3.63) is 142 Å². The Morgan fingerprint density at radius 2 is 1.49 bits per heavy atom. The third-order valence-electron chi connectivity index (χ3n) is 6.89. The summed E-state index contributed by atoms with van der Waals surface area (Å²) in [5.74, 6) is -0.263. The minimum absolute atomic E-state index is 0.108. The van der Waals surface area contributed by atoms with Crippen molar-refractivity contribution in [3.8, 4) is 6.07 Å². The fourth-order valence-electron chi connectivity index (χ4n) is 4.84. The number of hydrogen-bond donors (Lipinski definition) is 1. The van der Waals surface area contributed by atoms with Gasteiger partial charge >= 0.3 is 0 Å². The van der Waals surface area contributed by atoms with E-state index < -0.39 is 5.54 Å².